The Morgan fingerprint density at radius 1 is 1.37 bits per heavy atom. The summed E-state index contributed by atoms with van der Waals surface area (Å²) >= 11 is 1.80. The minimum absolute atomic E-state index is 0.211. The van der Waals surface area contributed by atoms with Crippen LogP contribution in [0.25, 0.3) is 0 Å². The quantitative estimate of drug-likeness (QED) is 0.859. The normalized spacial score (nSPS) is 26.0. The van der Waals surface area contributed by atoms with E-state index >= 15 is 0 Å². The van der Waals surface area contributed by atoms with Gasteiger partial charge in [-0.15, -0.1) is 0 Å². The molecule has 1 unspecified atom stereocenters. The number of hydrogen-bond donors (Lipinski definition) is 1. The molecule has 1 aliphatic heterocycles. The van der Waals surface area contributed by atoms with Gasteiger partial charge < -0.3 is 9.74 Å². The van der Waals surface area contributed by atoms with Crippen molar-refractivity contribution in [1.82, 2.24) is 5.32 Å². The van der Waals surface area contributed by atoms with E-state index in [4.69, 9.17) is 4.43 Å². The first-order valence-corrected chi connectivity index (χ1v) is 11.0. The SMILES string of the molecule is C[SiH](C)OC([C@H]1CNC[C@@H]1c1ccsc1)C(C)(C)C. The lowest BCUT2D eigenvalue weighted by atomic mass is 9.75. The molecule has 0 bridgehead atoms. The van der Waals surface area contributed by atoms with Gasteiger partial charge in [0.15, 0.2) is 9.04 Å². The molecule has 0 saturated carbocycles. The Bertz CT molecular complexity index is 385. The van der Waals surface area contributed by atoms with Crippen molar-refractivity contribution >= 4 is 20.4 Å². The summed E-state index contributed by atoms with van der Waals surface area (Å²) < 4.78 is 6.43. The van der Waals surface area contributed by atoms with Gasteiger partial charge in [0.25, 0.3) is 0 Å². The van der Waals surface area contributed by atoms with Crippen molar-refractivity contribution in [3.63, 3.8) is 0 Å². The fraction of sp³-hybridized carbons (Fsp3) is 0.733. The molecule has 1 saturated heterocycles. The van der Waals surface area contributed by atoms with Crippen molar-refractivity contribution < 1.29 is 4.43 Å². The maximum Gasteiger partial charge on any atom is 0.171 e. The van der Waals surface area contributed by atoms with E-state index in [9.17, 15) is 0 Å². The molecule has 2 nitrogen and oxygen atoms in total. The number of thiophene rings is 1. The van der Waals surface area contributed by atoms with E-state index in [1.165, 1.54) is 5.56 Å². The first-order valence-electron chi connectivity index (χ1n) is 7.28. The molecule has 0 spiro atoms. The molecule has 3 atom stereocenters. The minimum Gasteiger partial charge on any atom is -0.417 e. The highest BCUT2D eigenvalue weighted by Crippen LogP contribution is 2.39. The average Bonchev–Trinajstić information content (AvgIpc) is 2.94. The summed E-state index contributed by atoms with van der Waals surface area (Å²) in [7, 11) is -1.02. The zero-order chi connectivity index (χ0) is 14.0. The van der Waals surface area contributed by atoms with E-state index in [1.807, 2.05) is 0 Å². The molecule has 1 aromatic rings. The monoisotopic (exact) mass is 297 g/mol. The lowest BCUT2D eigenvalue weighted by Gasteiger charge is -2.39. The van der Waals surface area contributed by atoms with E-state index in [1.54, 1.807) is 11.3 Å². The van der Waals surface area contributed by atoms with Crippen LogP contribution in [-0.4, -0.2) is 28.2 Å². The van der Waals surface area contributed by atoms with Crippen LogP contribution < -0.4 is 5.32 Å². The molecule has 2 heterocycles. The van der Waals surface area contributed by atoms with Crippen molar-refractivity contribution in [1.29, 1.82) is 0 Å². The van der Waals surface area contributed by atoms with Gasteiger partial charge >= 0.3 is 0 Å². The molecule has 1 aromatic heterocycles. The predicted molar refractivity (Wildman–Crippen MR) is 86.6 cm³/mol. The summed E-state index contributed by atoms with van der Waals surface area (Å²) in [5.74, 6) is 1.22. The van der Waals surface area contributed by atoms with Gasteiger partial charge in [0.2, 0.25) is 0 Å². The second-order valence-electron chi connectivity index (χ2n) is 6.96. The molecule has 1 N–H and O–H groups in total. The third-order valence-corrected chi connectivity index (χ3v) is 5.43. The molecule has 1 fully saturated rings. The van der Waals surface area contributed by atoms with E-state index in [-0.39, 0.29) is 5.41 Å². The van der Waals surface area contributed by atoms with Crippen molar-refractivity contribution in [3.8, 4) is 0 Å². The summed E-state index contributed by atoms with van der Waals surface area (Å²) in [6, 6.07) is 2.28. The van der Waals surface area contributed by atoms with Crippen molar-refractivity contribution in [3.05, 3.63) is 22.4 Å². The molecule has 2 rings (SSSR count). The van der Waals surface area contributed by atoms with Gasteiger partial charge in [-0.3, -0.25) is 0 Å². The van der Waals surface area contributed by atoms with Crippen LogP contribution in [0.1, 0.15) is 32.3 Å². The van der Waals surface area contributed by atoms with Gasteiger partial charge in [-0.2, -0.15) is 11.3 Å². The fourth-order valence-electron chi connectivity index (χ4n) is 3.11. The van der Waals surface area contributed by atoms with Crippen molar-refractivity contribution in [2.45, 2.75) is 45.9 Å². The molecular formula is C15H27NOSSi. The highest BCUT2D eigenvalue weighted by molar-refractivity contribution is 7.08. The van der Waals surface area contributed by atoms with Gasteiger partial charge in [-0.1, -0.05) is 20.8 Å². The lowest BCUT2D eigenvalue weighted by Crippen LogP contribution is -2.42. The van der Waals surface area contributed by atoms with E-state index in [2.05, 4.69) is 56.0 Å². The summed E-state index contributed by atoms with van der Waals surface area (Å²) in [5.41, 5.74) is 1.70. The molecular weight excluding hydrogens is 270 g/mol. The predicted octanol–water partition coefficient (Wildman–Crippen LogP) is 3.47. The maximum absolute atomic E-state index is 6.43. The lowest BCUT2D eigenvalue weighted by molar-refractivity contribution is 0.0340. The van der Waals surface area contributed by atoms with E-state index in [0.717, 1.165) is 13.1 Å². The van der Waals surface area contributed by atoms with Crippen LogP contribution in [0.3, 0.4) is 0 Å². The first kappa shape index (κ1) is 15.2. The summed E-state index contributed by atoms with van der Waals surface area (Å²) in [6.07, 6.45) is 0.360. The molecule has 0 aromatic carbocycles. The fourth-order valence-corrected chi connectivity index (χ4v) is 5.03. The van der Waals surface area contributed by atoms with Crippen LogP contribution in [0.4, 0.5) is 0 Å². The number of hydrogen-bond acceptors (Lipinski definition) is 3. The zero-order valence-electron chi connectivity index (χ0n) is 12.8. The van der Waals surface area contributed by atoms with E-state index in [0.29, 0.717) is 17.9 Å². The number of nitrogens with one attached hydrogen (secondary N) is 1. The van der Waals surface area contributed by atoms with Crippen LogP contribution in [0, 0.1) is 11.3 Å². The number of rotatable bonds is 4. The highest BCUT2D eigenvalue weighted by atomic mass is 32.1. The Morgan fingerprint density at radius 2 is 2.11 bits per heavy atom. The Balaban J connectivity index is 2.20. The van der Waals surface area contributed by atoms with Gasteiger partial charge in [0.05, 0.1) is 6.10 Å². The third kappa shape index (κ3) is 3.69. The minimum atomic E-state index is -1.02. The second kappa shape index (κ2) is 6.08. The Hall–Kier alpha value is -0.163. The van der Waals surface area contributed by atoms with Crippen LogP contribution in [-0.2, 0) is 4.43 Å². The van der Waals surface area contributed by atoms with Gasteiger partial charge in [0.1, 0.15) is 0 Å². The van der Waals surface area contributed by atoms with Gasteiger partial charge in [-0.25, -0.2) is 0 Å². The van der Waals surface area contributed by atoms with Crippen molar-refractivity contribution in [2.75, 3.05) is 13.1 Å². The van der Waals surface area contributed by atoms with E-state index < -0.39 is 9.04 Å². The molecule has 0 aliphatic carbocycles. The summed E-state index contributed by atoms with van der Waals surface area (Å²) in [4.78, 5) is 0. The van der Waals surface area contributed by atoms with Crippen LogP contribution in [0.2, 0.25) is 13.1 Å². The van der Waals surface area contributed by atoms with Crippen LogP contribution >= 0.6 is 11.3 Å². The second-order valence-corrected chi connectivity index (χ2v) is 10.1. The highest BCUT2D eigenvalue weighted by Gasteiger charge is 2.41. The topological polar surface area (TPSA) is 21.3 Å². The van der Waals surface area contributed by atoms with Gasteiger partial charge in [-0.05, 0) is 40.9 Å². The smallest absolute Gasteiger partial charge is 0.171 e. The average molecular weight is 298 g/mol. The van der Waals surface area contributed by atoms with Crippen LogP contribution in [0.15, 0.2) is 16.8 Å². The Kier molecular flexibility index (Phi) is 4.87. The molecule has 1 aliphatic rings. The zero-order valence-corrected chi connectivity index (χ0v) is 14.7. The maximum atomic E-state index is 6.43. The van der Waals surface area contributed by atoms with Gasteiger partial charge in [0, 0.05) is 24.9 Å². The molecule has 0 radical (unpaired) electrons. The molecule has 19 heavy (non-hydrogen) atoms. The largest absolute Gasteiger partial charge is 0.417 e. The molecule has 108 valence electrons. The Labute approximate surface area is 123 Å². The molecule has 4 heteroatoms. The summed E-state index contributed by atoms with van der Waals surface area (Å²) in [6.45, 7) is 13.7. The first-order chi connectivity index (χ1) is 8.89. The van der Waals surface area contributed by atoms with Crippen LogP contribution in [0.5, 0.6) is 0 Å². The molecule has 0 amide bonds. The summed E-state index contributed by atoms with van der Waals surface area (Å²) in [5, 5.41) is 8.07. The third-order valence-electron chi connectivity index (χ3n) is 3.89. The Morgan fingerprint density at radius 3 is 2.63 bits per heavy atom. The standard InChI is InChI=1S/C15H27NOSSi/c1-15(2,3)14(17-19(4)5)13-9-16-8-12(13)11-6-7-18-10-11/h6-7,10,12-14,16,19H,8-9H2,1-5H3/t12-,13+,14?/m1/s1. The van der Waals surface area contributed by atoms with Crippen molar-refractivity contribution in [2.24, 2.45) is 11.3 Å².